The van der Waals surface area contributed by atoms with E-state index in [-0.39, 0.29) is 48.2 Å². The number of nitrogens with zero attached hydrogens (tertiary/aromatic N) is 4. The van der Waals surface area contributed by atoms with Gasteiger partial charge in [-0.25, -0.2) is 4.79 Å². The van der Waals surface area contributed by atoms with Crippen LogP contribution in [0.5, 0.6) is 0 Å². The topological polar surface area (TPSA) is 163 Å². The minimum atomic E-state index is -0.551. The summed E-state index contributed by atoms with van der Waals surface area (Å²) >= 11 is 1.90. The van der Waals surface area contributed by atoms with Crippen molar-refractivity contribution in [3.8, 4) is 0 Å². The van der Waals surface area contributed by atoms with Gasteiger partial charge in [-0.05, 0) is 87.8 Å². The summed E-state index contributed by atoms with van der Waals surface area (Å²) in [5.74, 6) is -0.388. The van der Waals surface area contributed by atoms with Crippen molar-refractivity contribution < 1.29 is 28.8 Å². The lowest BCUT2D eigenvalue weighted by atomic mass is 9.84. The van der Waals surface area contributed by atoms with Gasteiger partial charge in [0, 0.05) is 74.8 Å². The molecule has 5 aliphatic heterocycles. The van der Waals surface area contributed by atoms with Crippen molar-refractivity contribution in [2.24, 2.45) is 5.92 Å². The first-order valence-electron chi connectivity index (χ1n) is 25.2. The highest BCUT2D eigenvalue weighted by Crippen LogP contribution is 2.34. The molecule has 0 aromatic heterocycles. The van der Waals surface area contributed by atoms with Crippen molar-refractivity contribution in [2.75, 3.05) is 51.6 Å². The second-order valence-corrected chi connectivity index (χ2v) is 21.0. The molecule has 1 aliphatic carbocycles. The van der Waals surface area contributed by atoms with Gasteiger partial charge in [-0.1, -0.05) is 99.2 Å². The second-order valence-electron chi connectivity index (χ2n) is 19.8. The predicted molar refractivity (Wildman–Crippen MR) is 256 cm³/mol. The van der Waals surface area contributed by atoms with Gasteiger partial charge in [-0.3, -0.25) is 28.9 Å². The van der Waals surface area contributed by atoms with E-state index in [1.54, 1.807) is 4.90 Å². The number of hydrogen-bond donors (Lipinski definition) is 4. The summed E-state index contributed by atoms with van der Waals surface area (Å²) in [6.07, 6.45) is 15.5. The van der Waals surface area contributed by atoms with Gasteiger partial charge in [-0.15, -0.1) is 0 Å². The van der Waals surface area contributed by atoms with Crippen molar-refractivity contribution >= 4 is 47.3 Å². The predicted octanol–water partition coefficient (Wildman–Crippen LogP) is 4.65. The highest BCUT2D eigenvalue weighted by molar-refractivity contribution is 8.00. The molecule has 0 radical (unpaired) electrons. The van der Waals surface area contributed by atoms with Crippen LogP contribution in [0.2, 0.25) is 0 Å². The van der Waals surface area contributed by atoms with Gasteiger partial charge in [0.1, 0.15) is 0 Å². The van der Waals surface area contributed by atoms with Crippen LogP contribution in [0, 0.1) is 5.92 Å². The van der Waals surface area contributed by atoms with Gasteiger partial charge in [0.15, 0.2) is 0 Å². The number of rotatable bonds is 22. The number of thioether (sulfide) groups is 1. The number of urea groups is 1. The number of piperazine rings is 2. The fourth-order valence-corrected chi connectivity index (χ4v) is 13.1. The van der Waals surface area contributed by atoms with Gasteiger partial charge in [0.05, 0.1) is 18.1 Å². The first kappa shape index (κ1) is 47.8. The SMILES string of the molecule is O=C(CCCC[C@H]1SC[C@H]2NC(=O)N[C@H]21)NCCCC[C@H]1CN(C(CC2CCCCC2)CN2CCC[C@H]2CN2C(=O)C(=O)NC[C@@H]2Cc2ccccc2)C(=O)C(=O)N1CCc1ccccc1. The van der Waals surface area contributed by atoms with E-state index in [2.05, 4.69) is 50.4 Å². The van der Waals surface area contributed by atoms with Crippen molar-refractivity contribution in [3.05, 3.63) is 71.8 Å². The minimum Gasteiger partial charge on any atom is -0.356 e. The van der Waals surface area contributed by atoms with Crippen LogP contribution in [-0.4, -0.2) is 148 Å². The molecule has 4 N–H and O–H groups in total. The molecule has 6 aliphatic rings. The maximum absolute atomic E-state index is 14.5. The fourth-order valence-electron chi connectivity index (χ4n) is 11.6. The monoisotopic (exact) mass is 925 g/mol. The molecule has 8 rings (SSSR count). The molecule has 0 spiro atoms. The quantitative estimate of drug-likeness (QED) is 0.0754. The zero-order valence-corrected chi connectivity index (χ0v) is 39.5. The summed E-state index contributed by atoms with van der Waals surface area (Å²) in [4.78, 5) is 87.7. The van der Waals surface area contributed by atoms with Gasteiger partial charge in [-0.2, -0.15) is 11.8 Å². The van der Waals surface area contributed by atoms with Crippen LogP contribution in [0.15, 0.2) is 60.7 Å². The van der Waals surface area contributed by atoms with Crippen LogP contribution in [0.4, 0.5) is 4.79 Å². The van der Waals surface area contributed by atoms with E-state index in [1.807, 2.05) is 58.0 Å². The maximum Gasteiger partial charge on any atom is 0.315 e. The number of unbranched alkanes of at least 4 members (excludes halogenated alkanes) is 2. The Labute approximate surface area is 395 Å². The normalized spacial score (nSPS) is 26.6. The molecule has 0 bridgehead atoms. The van der Waals surface area contributed by atoms with Gasteiger partial charge >= 0.3 is 29.7 Å². The van der Waals surface area contributed by atoms with Gasteiger partial charge in [0.2, 0.25) is 5.91 Å². The molecule has 5 heterocycles. The standard InChI is InChI=1S/C51H72N8O6S/c60-45(24-11-10-23-44-46-43(35-66-44)54-51(65)55-46)52-26-13-12-21-40-34-59(50(64)49(63)57(40)28-25-36-15-4-1-5-16-36)42(30-38-19-8-3-9-20-38)32-56-27-14-22-39(56)33-58-41(31-53-47(61)48(58)62)29-37-17-6-2-7-18-37/h1-2,4-7,15-18,38-44,46H,3,8-14,19-35H2,(H,52,60)(H,53,61)(H2,54,55,65)/t39-,40-,41-,42?,43+,44+,46+/m0/s1. The number of fused-ring (bicyclic) bond motifs is 1. The van der Waals surface area contributed by atoms with Gasteiger partial charge in [0.25, 0.3) is 0 Å². The summed E-state index contributed by atoms with van der Waals surface area (Å²) in [5, 5.41) is 12.4. The summed E-state index contributed by atoms with van der Waals surface area (Å²) in [7, 11) is 0. The van der Waals surface area contributed by atoms with E-state index in [9.17, 15) is 28.8 Å². The molecule has 7 amide bonds. The van der Waals surface area contributed by atoms with Crippen molar-refractivity contribution in [2.45, 2.75) is 151 Å². The Morgan fingerprint density at radius 3 is 2.30 bits per heavy atom. The first-order valence-corrected chi connectivity index (χ1v) is 26.2. The Hall–Kier alpha value is -4.63. The van der Waals surface area contributed by atoms with Crippen LogP contribution in [-0.2, 0) is 36.8 Å². The number of benzene rings is 2. The molecule has 15 heteroatoms. The highest BCUT2D eigenvalue weighted by atomic mass is 32.2. The van der Waals surface area contributed by atoms with Crippen LogP contribution < -0.4 is 21.3 Å². The molecule has 7 atom stereocenters. The van der Waals surface area contributed by atoms with E-state index < -0.39 is 23.6 Å². The third-order valence-electron chi connectivity index (χ3n) is 15.2. The van der Waals surface area contributed by atoms with Gasteiger partial charge < -0.3 is 36.0 Å². The average Bonchev–Trinajstić information content (AvgIpc) is 4.05. The van der Waals surface area contributed by atoms with Crippen LogP contribution in [0.3, 0.4) is 0 Å². The average molecular weight is 925 g/mol. The molecule has 2 aromatic carbocycles. The van der Waals surface area contributed by atoms with E-state index >= 15 is 0 Å². The second kappa shape index (κ2) is 23.4. The number of carbonyl (C=O) groups is 6. The number of nitrogens with one attached hydrogen (secondary N) is 4. The van der Waals surface area contributed by atoms with Crippen molar-refractivity contribution in [3.63, 3.8) is 0 Å². The molecular formula is C51H72N8O6S. The van der Waals surface area contributed by atoms with E-state index in [0.29, 0.717) is 69.7 Å². The molecule has 5 saturated heterocycles. The lowest BCUT2D eigenvalue weighted by Gasteiger charge is -2.46. The maximum atomic E-state index is 14.5. The van der Waals surface area contributed by atoms with E-state index in [4.69, 9.17) is 0 Å². The van der Waals surface area contributed by atoms with Crippen molar-refractivity contribution in [1.82, 2.24) is 40.9 Å². The summed E-state index contributed by atoms with van der Waals surface area (Å²) in [6, 6.07) is 20.2. The smallest absolute Gasteiger partial charge is 0.315 e. The van der Waals surface area contributed by atoms with E-state index in [1.165, 1.54) is 19.3 Å². The first-order chi connectivity index (χ1) is 32.2. The number of carbonyl (C=O) groups excluding carboxylic acids is 6. The molecule has 14 nitrogen and oxygen atoms in total. The summed E-state index contributed by atoms with van der Waals surface area (Å²) in [6.45, 7) is 3.86. The molecule has 66 heavy (non-hydrogen) atoms. The molecule has 358 valence electrons. The summed E-state index contributed by atoms with van der Waals surface area (Å²) < 4.78 is 0. The Morgan fingerprint density at radius 2 is 1.52 bits per heavy atom. The Balaban J connectivity index is 0.899. The number of likely N-dealkylation sites (tertiary alicyclic amines) is 1. The Morgan fingerprint density at radius 1 is 0.758 bits per heavy atom. The molecule has 1 saturated carbocycles. The summed E-state index contributed by atoms with van der Waals surface area (Å²) in [5.41, 5.74) is 2.25. The van der Waals surface area contributed by atoms with E-state index in [0.717, 1.165) is 94.1 Å². The Kier molecular flexibility index (Phi) is 17.0. The molecule has 1 unspecified atom stereocenters. The number of hydrogen-bond acceptors (Lipinski definition) is 8. The Bertz CT molecular complexity index is 1970. The van der Waals surface area contributed by atoms with Crippen molar-refractivity contribution in [1.29, 1.82) is 0 Å². The lowest BCUT2D eigenvalue weighted by molar-refractivity contribution is -0.162. The zero-order valence-electron chi connectivity index (χ0n) is 38.7. The fraction of sp³-hybridized carbons (Fsp3) is 0.647. The third kappa shape index (κ3) is 12.5. The third-order valence-corrected chi connectivity index (χ3v) is 16.7. The van der Waals surface area contributed by atoms with Crippen LogP contribution in [0.1, 0.15) is 107 Å². The highest BCUT2D eigenvalue weighted by Gasteiger charge is 2.45. The molecular weight excluding hydrogens is 853 g/mol. The minimum absolute atomic E-state index is 0.0451. The number of amides is 7. The zero-order chi connectivity index (χ0) is 45.8. The lowest BCUT2D eigenvalue weighted by Crippen LogP contribution is -2.64. The molecule has 2 aromatic rings. The van der Waals surface area contributed by atoms with Crippen LogP contribution >= 0.6 is 11.8 Å². The largest absolute Gasteiger partial charge is 0.356 e. The molecule has 6 fully saturated rings. The van der Waals surface area contributed by atoms with Crippen LogP contribution in [0.25, 0.3) is 0 Å².